The summed E-state index contributed by atoms with van der Waals surface area (Å²) >= 11 is 0. The third-order valence-corrected chi connectivity index (χ3v) is 6.97. The molecule has 6 N–H and O–H groups in total. The smallest absolute Gasteiger partial charge is 0.333 e. The minimum absolute atomic E-state index is 0.116. The molecular formula is C25H38O11. The number of carbonyl (C=O) groups excluding carboxylic acids is 1. The highest BCUT2D eigenvalue weighted by atomic mass is 16.8. The second kappa shape index (κ2) is 13.1. The van der Waals surface area contributed by atoms with Crippen LogP contribution in [-0.4, -0.2) is 99.5 Å². The lowest BCUT2D eigenvalue weighted by Crippen LogP contribution is -2.60. The van der Waals surface area contributed by atoms with Crippen molar-refractivity contribution in [2.45, 2.75) is 76.2 Å². The van der Waals surface area contributed by atoms with Crippen molar-refractivity contribution in [1.29, 1.82) is 0 Å². The van der Waals surface area contributed by atoms with Crippen molar-refractivity contribution in [3.05, 3.63) is 35.6 Å². The lowest BCUT2D eigenvalue weighted by Gasteiger charge is -2.42. The Balaban J connectivity index is 1.62. The summed E-state index contributed by atoms with van der Waals surface area (Å²) in [7, 11) is 0. The van der Waals surface area contributed by atoms with Gasteiger partial charge in [0.1, 0.15) is 31.0 Å². The van der Waals surface area contributed by atoms with Gasteiger partial charge in [0, 0.05) is 18.1 Å². The zero-order chi connectivity index (χ0) is 26.4. The summed E-state index contributed by atoms with van der Waals surface area (Å²) in [5, 5.41) is 59.3. The van der Waals surface area contributed by atoms with E-state index in [1.165, 1.54) is 6.26 Å². The fourth-order valence-corrected chi connectivity index (χ4v) is 4.66. The lowest BCUT2D eigenvalue weighted by molar-refractivity contribution is -0.339. The summed E-state index contributed by atoms with van der Waals surface area (Å²) in [4.78, 5) is 12.5. The Morgan fingerprint density at radius 2 is 1.86 bits per heavy atom. The quantitative estimate of drug-likeness (QED) is 0.119. The number of ether oxygens (including phenoxy) is 4. The van der Waals surface area contributed by atoms with Crippen molar-refractivity contribution >= 4 is 5.97 Å². The average Bonchev–Trinajstić information content (AvgIpc) is 3.19. The molecule has 1 aliphatic carbocycles. The number of aliphatic hydroxyl groups excluding tert-OH is 6. The van der Waals surface area contributed by atoms with Gasteiger partial charge in [0.25, 0.3) is 0 Å². The first-order valence-corrected chi connectivity index (χ1v) is 12.3. The van der Waals surface area contributed by atoms with E-state index in [9.17, 15) is 30.3 Å². The van der Waals surface area contributed by atoms with Crippen LogP contribution in [0.4, 0.5) is 0 Å². The molecule has 204 valence electrons. The predicted octanol–water partition coefficient (Wildman–Crippen LogP) is -0.506. The van der Waals surface area contributed by atoms with E-state index in [-0.39, 0.29) is 13.2 Å². The predicted molar refractivity (Wildman–Crippen MR) is 125 cm³/mol. The van der Waals surface area contributed by atoms with Crippen LogP contribution in [0, 0.1) is 17.8 Å². The van der Waals surface area contributed by atoms with Crippen LogP contribution in [0.15, 0.2) is 35.6 Å². The molecule has 2 aliphatic heterocycles. The summed E-state index contributed by atoms with van der Waals surface area (Å²) < 4.78 is 22.3. The van der Waals surface area contributed by atoms with Crippen LogP contribution >= 0.6 is 0 Å². The first kappa shape index (κ1) is 28.7. The highest BCUT2D eigenvalue weighted by molar-refractivity contribution is 5.87. The second-order valence-electron chi connectivity index (χ2n) is 9.66. The zero-order valence-electron chi connectivity index (χ0n) is 20.6. The normalized spacial score (nSPS) is 37.2. The number of esters is 1. The minimum Gasteiger partial charge on any atom is -0.472 e. The standard InChI is InChI=1S/C25H38O11/c1-13(6-8-26)4-3-5-14(2)23(32)34-12-15-10-17(28)16-7-9-33-24(19(15)16)36-25-22(31)21(30)20(29)18(11-27)35-25/h5,7,9-10,13,16-22,24-31H,3-4,6,8,11-12H2,1-2H3/b14-5+/t13-,16-,17-,18-,19+,20-,21+,22-,24+,25+/m1/s1. The molecule has 10 atom stereocenters. The van der Waals surface area contributed by atoms with E-state index >= 15 is 0 Å². The van der Waals surface area contributed by atoms with E-state index in [1.807, 2.05) is 6.92 Å². The van der Waals surface area contributed by atoms with Crippen LogP contribution in [-0.2, 0) is 23.7 Å². The minimum atomic E-state index is -1.61. The Kier molecular flexibility index (Phi) is 10.5. The van der Waals surface area contributed by atoms with E-state index in [2.05, 4.69) is 0 Å². The molecule has 0 spiro atoms. The number of aliphatic hydroxyl groups is 6. The summed E-state index contributed by atoms with van der Waals surface area (Å²) in [6, 6.07) is 0. The van der Waals surface area contributed by atoms with E-state index in [1.54, 1.807) is 25.2 Å². The Hall–Kier alpha value is -1.83. The van der Waals surface area contributed by atoms with Crippen molar-refractivity contribution < 1.29 is 54.4 Å². The van der Waals surface area contributed by atoms with Gasteiger partial charge in [-0.3, -0.25) is 0 Å². The summed E-state index contributed by atoms with van der Waals surface area (Å²) in [6.45, 7) is 3.12. The van der Waals surface area contributed by atoms with Crippen LogP contribution < -0.4 is 0 Å². The molecule has 0 saturated carbocycles. The molecule has 11 nitrogen and oxygen atoms in total. The number of hydrogen-bond acceptors (Lipinski definition) is 11. The molecule has 1 saturated heterocycles. The molecule has 0 amide bonds. The van der Waals surface area contributed by atoms with E-state index in [0.29, 0.717) is 29.9 Å². The van der Waals surface area contributed by atoms with Gasteiger partial charge in [-0.25, -0.2) is 4.79 Å². The molecule has 3 aliphatic rings. The number of allylic oxidation sites excluding steroid dienone is 1. The van der Waals surface area contributed by atoms with Crippen LogP contribution in [0.1, 0.15) is 33.1 Å². The molecule has 11 heteroatoms. The van der Waals surface area contributed by atoms with E-state index < -0.39 is 67.5 Å². The molecule has 0 aromatic heterocycles. The molecule has 0 unspecified atom stereocenters. The molecule has 0 aromatic carbocycles. The number of rotatable bonds is 11. The zero-order valence-corrected chi connectivity index (χ0v) is 20.6. The van der Waals surface area contributed by atoms with Gasteiger partial charge in [-0.2, -0.15) is 0 Å². The summed E-state index contributed by atoms with van der Waals surface area (Å²) in [5.74, 6) is -1.17. The maximum Gasteiger partial charge on any atom is 0.333 e. The van der Waals surface area contributed by atoms with Crippen molar-refractivity contribution in [2.75, 3.05) is 19.8 Å². The van der Waals surface area contributed by atoms with Crippen molar-refractivity contribution in [3.63, 3.8) is 0 Å². The highest BCUT2D eigenvalue weighted by Gasteiger charge is 2.49. The fourth-order valence-electron chi connectivity index (χ4n) is 4.66. The molecule has 3 rings (SSSR count). The number of hydrogen-bond donors (Lipinski definition) is 6. The Morgan fingerprint density at radius 1 is 1.11 bits per heavy atom. The van der Waals surface area contributed by atoms with E-state index in [0.717, 1.165) is 6.42 Å². The maximum absolute atomic E-state index is 12.5. The van der Waals surface area contributed by atoms with Gasteiger partial charge < -0.3 is 49.6 Å². The van der Waals surface area contributed by atoms with Crippen LogP contribution in [0.25, 0.3) is 0 Å². The molecule has 0 aromatic rings. The van der Waals surface area contributed by atoms with Gasteiger partial charge in [0.2, 0.25) is 6.29 Å². The first-order chi connectivity index (χ1) is 17.2. The third-order valence-electron chi connectivity index (χ3n) is 6.97. The molecule has 0 bridgehead atoms. The van der Waals surface area contributed by atoms with Gasteiger partial charge in [0.15, 0.2) is 6.29 Å². The van der Waals surface area contributed by atoms with Gasteiger partial charge in [-0.15, -0.1) is 0 Å². The molecule has 36 heavy (non-hydrogen) atoms. The van der Waals surface area contributed by atoms with Crippen LogP contribution in [0.2, 0.25) is 0 Å². The molecule has 0 radical (unpaired) electrons. The second-order valence-corrected chi connectivity index (χ2v) is 9.66. The van der Waals surface area contributed by atoms with Crippen LogP contribution in [0.3, 0.4) is 0 Å². The average molecular weight is 515 g/mol. The van der Waals surface area contributed by atoms with Crippen molar-refractivity contribution in [1.82, 2.24) is 0 Å². The molecule has 1 fully saturated rings. The summed E-state index contributed by atoms with van der Waals surface area (Å²) in [6.07, 6.45) is -0.637. The van der Waals surface area contributed by atoms with Gasteiger partial charge in [-0.05, 0) is 43.8 Å². The number of carbonyl (C=O) groups is 1. The van der Waals surface area contributed by atoms with Crippen molar-refractivity contribution in [2.24, 2.45) is 17.8 Å². The number of fused-ring (bicyclic) bond motifs is 1. The van der Waals surface area contributed by atoms with Crippen LogP contribution in [0.5, 0.6) is 0 Å². The molecular weight excluding hydrogens is 476 g/mol. The third kappa shape index (κ3) is 6.73. The lowest BCUT2D eigenvalue weighted by atomic mass is 9.88. The van der Waals surface area contributed by atoms with Gasteiger partial charge in [-0.1, -0.05) is 19.1 Å². The van der Waals surface area contributed by atoms with Gasteiger partial charge in [0.05, 0.1) is 24.9 Å². The van der Waals surface area contributed by atoms with Gasteiger partial charge >= 0.3 is 5.97 Å². The Labute approximate surface area is 210 Å². The Bertz CT molecular complexity index is 823. The SMILES string of the molecule is C/C(=C\CC[C@@H](C)CCO)C(=O)OCC1=C[C@@H](O)[C@H]2C=CO[C@@H](O[C@@H]3O[C@H](CO)[C@@H](O)[C@H](O)[C@H]3O)[C@@H]12. The van der Waals surface area contributed by atoms with E-state index in [4.69, 9.17) is 24.1 Å². The van der Waals surface area contributed by atoms with Crippen molar-refractivity contribution in [3.8, 4) is 0 Å². The summed E-state index contributed by atoms with van der Waals surface area (Å²) in [5.41, 5.74) is 1.01. The molecule has 2 heterocycles. The Morgan fingerprint density at radius 3 is 2.56 bits per heavy atom. The maximum atomic E-state index is 12.5. The largest absolute Gasteiger partial charge is 0.472 e. The fraction of sp³-hybridized carbons (Fsp3) is 0.720. The highest BCUT2D eigenvalue weighted by Crippen LogP contribution is 2.41. The first-order valence-electron chi connectivity index (χ1n) is 12.3. The monoisotopic (exact) mass is 514 g/mol. The topological polar surface area (TPSA) is 175 Å².